The Hall–Kier alpha value is -0.900. The molecule has 0 aliphatic carbocycles. The molecule has 1 atom stereocenters. The van der Waals surface area contributed by atoms with Gasteiger partial charge in [-0.15, -0.1) is 0 Å². The van der Waals surface area contributed by atoms with E-state index >= 15 is 0 Å². The highest BCUT2D eigenvalue weighted by atomic mass is 16.5. The normalized spacial score (nSPS) is 13.8. The molecule has 1 aromatic carbocycles. The van der Waals surface area contributed by atoms with Crippen molar-refractivity contribution < 1.29 is 9.84 Å². The Balaban J connectivity index is 2.86. The molecule has 0 fully saturated rings. The van der Waals surface area contributed by atoms with Gasteiger partial charge in [0.25, 0.3) is 0 Å². The first-order chi connectivity index (χ1) is 7.51. The Morgan fingerprint density at radius 2 is 1.88 bits per heavy atom. The van der Waals surface area contributed by atoms with Gasteiger partial charge in [-0.2, -0.15) is 0 Å². The summed E-state index contributed by atoms with van der Waals surface area (Å²) in [7, 11) is 1.71. The highest BCUT2D eigenvalue weighted by molar-refractivity contribution is 5.29. The van der Waals surface area contributed by atoms with Gasteiger partial charge in [0.1, 0.15) is 0 Å². The van der Waals surface area contributed by atoms with Gasteiger partial charge >= 0.3 is 0 Å². The van der Waals surface area contributed by atoms with Crippen LogP contribution >= 0.6 is 0 Å². The molecule has 3 heteroatoms. The maximum absolute atomic E-state index is 8.96. The van der Waals surface area contributed by atoms with Crippen LogP contribution in [0.15, 0.2) is 24.3 Å². The van der Waals surface area contributed by atoms with Gasteiger partial charge < -0.3 is 15.6 Å². The van der Waals surface area contributed by atoms with Crippen LogP contribution in [0.3, 0.4) is 0 Å². The molecule has 0 aliphatic rings. The fourth-order valence-corrected chi connectivity index (χ4v) is 1.73. The van der Waals surface area contributed by atoms with E-state index in [1.54, 1.807) is 7.11 Å². The summed E-state index contributed by atoms with van der Waals surface area (Å²) in [6.07, 6.45) is 0. The van der Waals surface area contributed by atoms with Crippen LogP contribution in [0.25, 0.3) is 0 Å². The zero-order valence-corrected chi connectivity index (χ0v) is 10.2. The molecule has 3 nitrogen and oxygen atoms in total. The topological polar surface area (TPSA) is 55.5 Å². The average Bonchev–Trinajstić information content (AvgIpc) is 2.28. The Bertz CT molecular complexity index is 319. The zero-order valence-electron chi connectivity index (χ0n) is 10.2. The molecule has 0 bridgehead atoms. The summed E-state index contributed by atoms with van der Waals surface area (Å²) in [4.78, 5) is 0. The predicted molar refractivity (Wildman–Crippen MR) is 65.4 cm³/mol. The molecule has 1 unspecified atom stereocenters. The van der Waals surface area contributed by atoms with Crippen LogP contribution in [0, 0.1) is 0 Å². The molecule has 0 saturated heterocycles. The van der Waals surface area contributed by atoms with Crippen molar-refractivity contribution in [2.45, 2.75) is 25.3 Å². The average molecular weight is 223 g/mol. The van der Waals surface area contributed by atoms with Gasteiger partial charge in [0.15, 0.2) is 0 Å². The standard InChI is InChI=1S/C13H21NO2/c1-13(2,9-16-3)11-6-4-10(5-7-11)12(14)8-15/h4-7,12,15H,8-9,14H2,1-3H3. The number of hydrogen-bond donors (Lipinski definition) is 2. The minimum atomic E-state index is -0.292. The second-order valence-corrected chi connectivity index (χ2v) is 4.73. The lowest BCUT2D eigenvalue weighted by Crippen LogP contribution is -2.23. The molecule has 0 saturated carbocycles. The van der Waals surface area contributed by atoms with Crippen molar-refractivity contribution in [1.82, 2.24) is 0 Å². The number of aliphatic hydroxyl groups excluding tert-OH is 1. The van der Waals surface area contributed by atoms with E-state index in [9.17, 15) is 0 Å². The fraction of sp³-hybridized carbons (Fsp3) is 0.538. The minimum Gasteiger partial charge on any atom is -0.394 e. The van der Waals surface area contributed by atoms with Crippen LogP contribution in [0.2, 0.25) is 0 Å². The van der Waals surface area contributed by atoms with E-state index in [0.29, 0.717) is 6.61 Å². The number of hydrogen-bond acceptors (Lipinski definition) is 3. The first-order valence-electron chi connectivity index (χ1n) is 5.47. The third-order valence-electron chi connectivity index (χ3n) is 2.82. The summed E-state index contributed by atoms with van der Waals surface area (Å²) in [5.41, 5.74) is 7.90. The highest BCUT2D eigenvalue weighted by Gasteiger charge is 2.20. The third-order valence-corrected chi connectivity index (χ3v) is 2.82. The van der Waals surface area contributed by atoms with Crippen molar-refractivity contribution in [2.24, 2.45) is 5.73 Å². The largest absolute Gasteiger partial charge is 0.394 e. The smallest absolute Gasteiger partial charge is 0.0624 e. The molecular formula is C13H21NO2. The molecule has 1 aromatic rings. The van der Waals surface area contributed by atoms with Crippen molar-refractivity contribution in [3.05, 3.63) is 35.4 Å². The van der Waals surface area contributed by atoms with E-state index in [2.05, 4.69) is 13.8 Å². The van der Waals surface area contributed by atoms with E-state index < -0.39 is 0 Å². The van der Waals surface area contributed by atoms with Gasteiger partial charge in [0.2, 0.25) is 0 Å². The molecule has 3 N–H and O–H groups in total. The van der Waals surface area contributed by atoms with Crippen molar-refractivity contribution in [1.29, 1.82) is 0 Å². The molecule has 1 rings (SSSR count). The van der Waals surface area contributed by atoms with E-state index in [0.717, 1.165) is 5.56 Å². The molecule has 16 heavy (non-hydrogen) atoms. The van der Waals surface area contributed by atoms with Gasteiger partial charge in [-0.05, 0) is 11.1 Å². The summed E-state index contributed by atoms with van der Waals surface area (Å²) < 4.78 is 5.20. The molecule has 0 aliphatic heterocycles. The lowest BCUT2D eigenvalue weighted by atomic mass is 9.85. The quantitative estimate of drug-likeness (QED) is 0.797. The number of rotatable bonds is 5. The summed E-state index contributed by atoms with van der Waals surface area (Å²) in [5.74, 6) is 0. The van der Waals surface area contributed by atoms with E-state index in [-0.39, 0.29) is 18.1 Å². The van der Waals surface area contributed by atoms with Crippen LogP contribution in [-0.4, -0.2) is 25.4 Å². The van der Waals surface area contributed by atoms with Crippen molar-refractivity contribution in [3.63, 3.8) is 0 Å². The predicted octanol–water partition coefficient (Wildman–Crippen LogP) is 1.60. The van der Waals surface area contributed by atoms with E-state index in [4.69, 9.17) is 15.6 Å². The lowest BCUT2D eigenvalue weighted by Gasteiger charge is -2.24. The van der Waals surface area contributed by atoms with Crippen molar-refractivity contribution >= 4 is 0 Å². The molecule has 0 radical (unpaired) electrons. The van der Waals surface area contributed by atoms with Crippen molar-refractivity contribution in [2.75, 3.05) is 20.3 Å². The lowest BCUT2D eigenvalue weighted by molar-refractivity contribution is 0.146. The van der Waals surface area contributed by atoms with Gasteiger partial charge in [-0.25, -0.2) is 0 Å². The maximum Gasteiger partial charge on any atom is 0.0624 e. The van der Waals surface area contributed by atoms with Crippen LogP contribution in [-0.2, 0) is 10.2 Å². The second kappa shape index (κ2) is 5.43. The number of nitrogens with two attached hydrogens (primary N) is 1. The van der Waals surface area contributed by atoms with Crippen LogP contribution in [0.1, 0.15) is 31.0 Å². The Labute approximate surface area is 97.2 Å². The Morgan fingerprint density at radius 3 is 2.31 bits per heavy atom. The summed E-state index contributed by atoms with van der Waals surface area (Å²) in [5, 5.41) is 8.96. The van der Waals surface area contributed by atoms with Crippen LogP contribution in [0.4, 0.5) is 0 Å². The molecule has 90 valence electrons. The fourth-order valence-electron chi connectivity index (χ4n) is 1.73. The van der Waals surface area contributed by atoms with Crippen LogP contribution in [0.5, 0.6) is 0 Å². The SMILES string of the molecule is COCC(C)(C)c1ccc(C(N)CO)cc1. The third kappa shape index (κ3) is 3.04. The zero-order chi connectivity index (χ0) is 12.2. The Kier molecular flexibility index (Phi) is 4.47. The molecule has 0 aromatic heterocycles. The molecule has 0 amide bonds. The number of ether oxygens (including phenoxy) is 1. The highest BCUT2D eigenvalue weighted by Crippen LogP contribution is 2.24. The molecular weight excluding hydrogens is 202 g/mol. The number of aliphatic hydroxyl groups is 1. The van der Waals surface area contributed by atoms with Gasteiger partial charge in [-0.3, -0.25) is 0 Å². The summed E-state index contributed by atoms with van der Waals surface area (Å²) in [6.45, 7) is 4.92. The first kappa shape index (κ1) is 13.2. The molecule has 0 heterocycles. The van der Waals surface area contributed by atoms with Gasteiger partial charge in [-0.1, -0.05) is 38.1 Å². The number of benzene rings is 1. The number of methoxy groups -OCH3 is 1. The van der Waals surface area contributed by atoms with Gasteiger partial charge in [0, 0.05) is 12.5 Å². The second-order valence-electron chi connectivity index (χ2n) is 4.73. The Morgan fingerprint density at radius 1 is 1.31 bits per heavy atom. The summed E-state index contributed by atoms with van der Waals surface area (Å²) >= 11 is 0. The molecule has 0 spiro atoms. The minimum absolute atomic E-state index is 0.00338. The van der Waals surface area contributed by atoms with Gasteiger partial charge in [0.05, 0.1) is 19.3 Å². The monoisotopic (exact) mass is 223 g/mol. The van der Waals surface area contributed by atoms with Crippen LogP contribution < -0.4 is 5.73 Å². The van der Waals surface area contributed by atoms with Crippen molar-refractivity contribution in [3.8, 4) is 0 Å². The summed E-state index contributed by atoms with van der Waals surface area (Å²) in [6, 6.07) is 7.73. The first-order valence-corrected chi connectivity index (χ1v) is 5.47. The van der Waals surface area contributed by atoms with E-state index in [1.165, 1.54) is 5.56 Å². The maximum atomic E-state index is 8.96. The van der Waals surface area contributed by atoms with E-state index in [1.807, 2.05) is 24.3 Å².